The van der Waals surface area contributed by atoms with Crippen molar-refractivity contribution >= 4 is 15.9 Å². The van der Waals surface area contributed by atoms with Gasteiger partial charge in [0.1, 0.15) is 0 Å². The zero-order valence-electron chi connectivity index (χ0n) is 12.6. The van der Waals surface area contributed by atoms with E-state index in [1.165, 1.54) is 31.5 Å². The summed E-state index contributed by atoms with van der Waals surface area (Å²) in [6, 6.07) is 9.22. The zero-order chi connectivity index (χ0) is 14.5. The molecule has 1 aliphatic heterocycles. The molecule has 0 spiro atoms. The van der Waals surface area contributed by atoms with E-state index in [-0.39, 0.29) is 6.04 Å². The van der Waals surface area contributed by atoms with Gasteiger partial charge in [0, 0.05) is 23.1 Å². The van der Waals surface area contributed by atoms with E-state index in [2.05, 4.69) is 64.1 Å². The molecule has 2 N–H and O–H groups in total. The normalized spacial score (nSPS) is 22.1. The van der Waals surface area contributed by atoms with E-state index in [1.54, 1.807) is 0 Å². The Morgan fingerprint density at radius 2 is 2.05 bits per heavy atom. The molecule has 0 radical (unpaired) electrons. The summed E-state index contributed by atoms with van der Waals surface area (Å²) in [4.78, 5) is 4.91. The molecule has 0 saturated carbocycles. The molecule has 1 heterocycles. The minimum Gasteiger partial charge on any atom is -0.324 e. The molecule has 3 nitrogen and oxygen atoms in total. The van der Waals surface area contributed by atoms with Crippen LogP contribution in [0.4, 0.5) is 0 Å². The number of hydrogen-bond acceptors (Lipinski definition) is 3. The maximum Gasteiger partial charge on any atom is 0.0307 e. The van der Waals surface area contributed by atoms with E-state index in [0.29, 0.717) is 6.04 Å². The summed E-state index contributed by atoms with van der Waals surface area (Å²) in [7, 11) is 4.36. The molecule has 20 heavy (non-hydrogen) atoms. The molecule has 1 aliphatic rings. The average Bonchev–Trinajstić information content (AvgIpc) is 2.46. The number of nitrogens with zero attached hydrogens (tertiary/aromatic N) is 2. The van der Waals surface area contributed by atoms with Crippen LogP contribution in [-0.4, -0.2) is 49.6 Å². The Labute approximate surface area is 131 Å². The van der Waals surface area contributed by atoms with Gasteiger partial charge in [-0.2, -0.15) is 0 Å². The molecule has 112 valence electrons. The van der Waals surface area contributed by atoms with Crippen LogP contribution in [0.3, 0.4) is 0 Å². The van der Waals surface area contributed by atoms with Gasteiger partial charge in [-0.1, -0.05) is 28.1 Å². The molecule has 2 rings (SSSR count). The highest BCUT2D eigenvalue weighted by Gasteiger charge is 2.21. The monoisotopic (exact) mass is 339 g/mol. The Morgan fingerprint density at radius 3 is 2.70 bits per heavy atom. The zero-order valence-corrected chi connectivity index (χ0v) is 14.1. The third kappa shape index (κ3) is 4.55. The van der Waals surface area contributed by atoms with Crippen LogP contribution in [0.1, 0.15) is 30.9 Å². The van der Waals surface area contributed by atoms with Gasteiger partial charge in [-0.25, -0.2) is 0 Å². The van der Waals surface area contributed by atoms with Crippen molar-refractivity contribution in [1.29, 1.82) is 0 Å². The minimum atomic E-state index is 0.142. The van der Waals surface area contributed by atoms with Gasteiger partial charge in [0.2, 0.25) is 0 Å². The summed E-state index contributed by atoms with van der Waals surface area (Å²) in [5.74, 6) is 0. The number of rotatable bonds is 5. The molecule has 2 atom stereocenters. The molecule has 0 amide bonds. The Kier molecular flexibility index (Phi) is 6.02. The highest BCUT2D eigenvalue weighted by molar-refractivity contribution is 9.10. The molecule has 2 unspecified atom stereocenters. The maximum atomic E-state index is 6.30. The van der Waals surface area contributed by atoms with Crippen LogP contribution in [0.15, 0.2) is 28.7 Å². The lowest BCUT2D eigenvalue weighted by Gasteiger charge is -2.36. The lowest BCUT2D eigenvalue weighted by atomic mass is 10.0. The summed E-state index contributed by atoms with van der Waals surface area (Å²) in [5.41, 5.74) is 7.54. The third-order valence-electron chi connectivity index (χ3n) is 4.27. The van der Waals surface area contributed by atoms with Crippen LogP contribution in [0.25, 0.3) is 0 Å². The van der Waals surface area contributed by atoms with Crippen LogP contribution in [0.2, 0.25) is 0 Å². The quantitative estimate of drug-likeness (QED) is 0.895. The van der Waals surface area contributed by atoms with Crippen LogP contribution < -0.4 is 5.73 Å². The summed E-state index contributed by atoms with van der Waals surface area (Å²) in [5, 5.41) is 0. The molecule has 0 aliphatic carbocycles. The van der Waals surface area contributed by atoms with E-state index in [4.69, 9.17) is 5.73 Å². The first-order chi connectivity index (χ1) is 9.56. The van der Waals surface area contributed by atoms with Gasteiger partial charge in [-0.3, -0.25) is 0 Å². The molecule has 4 heteroatoms. The fourth-order valence-electron chi connectivity index (χ4n) is 2.85. The SMILES string of the molecule is CN(C)C1CCCN(CCC(N)c2ccc(Br)cc2)C1. The number of nitrogens with two attached hydrogens (primary N) is 1. The van der Waals surface area contributed by atoms with Crippen molar-refractivity contribution in [3.05, 3.63) is 34.3 Å². The number of likely N-dealkylation sites (tertiary alicyclic amines) is 1. The van der Waals surface area contributed by atoms with Crippen molar-refractivity contribution in [2.24, 2.45) is 5.73 Å². The average molecular weight is 340 g/mol. The van der Waals surface area contributed by atoms with Gasteiger partial charge in [0.25, 0.3) is 0 Å². The van der Waals surface area contributed by atoms with Gasteiger partial charge in [-0.05, 0) is 64.1 Å². The first-order valence-corrected chi connectivity index (χ1v) is 8.25. The molecular formula is C16H26BrN3. The van der Waals surface area contributed by atoms with Gasteiger partial charge in [0.05, 0.1) is 0 Å². The molecule has 1 saturated heterocycles. The smallest absolute Gasteiger partial charge is 0.0307 e. The summed E-state index contributed by atoms with van der Waals surface area (Å²) in [6.45, 7) is 3.50. The summed E-state index contributed by atoms with van der Waals surface area (Å²) < 4.78 is 1.11. The van der Waals surface area contributed by atoms with Crippen molar-refractivity contribution in [2.45, 2.75) is 31.3 Å². The first-order valence-electron chi connectivity index (χ1n) is 7.46. The maximum absolute atomic E-state index is 6.30. The number of likely N-dealkylation sites (N-methyl/N-ethyl adjacent to an activating group) is 1. The second kappa shape index (κ2) is 7.55. The second-order valence-corrected chi connectivity index (χ2v) is 6.92. The van der Waals surface area contributed by atoms with Crippen molar-refractivity contribution in [3.63, 3.8) is 0 Å². The topological polar surface area (TPSA) is 32.5 Å². The van der Waals surface area contributed by atoms with Crippen LogP contribution >= 0.6 is 15.9 Å². The minimum absolute atomic E-state index is 0.142. The molecular weight excluding hydrogens is 314 g/mol. The van der Waals surface area contributed by atoms with Crippen LogP contribution in [-0.2, 0) is 0 Å². The third-order valence-corrected chi connectivity index (χ3v) is 4.79. The van der Waals surface area contributed by atoms with Crippen LogP contribution in [0, 0.1) is 0 Å². The largest absolute Gasteiger partial charge is 0.324 e. The summed E-state index contributed by atoms with van der Waals surface area (Å²) >= 11 is 3.46. The van der Waals surface area contributed by atoms with E-state index in [0.717, 1.165) is 17.4 Å². The number of piperidine rings is 1. The van der Waals surface area contributed by atoms with E-state index in [1.807, 2.05) is 0 Å². The molecule has 1 aromatic carbocycles. The van der Waals surface area contributed by atoms with Crippen molar-refractivity contribution in [3.8, 4) is 0 Å². The number of hydrogen-bond donors (Lipinski definition) is 1. The fourth-order valence-corrected chi connectivity index (χ4v) is 3.12. The predicted molar refractivity (Wildman–Crippen MR) is 88.8 cm³/mol. The molecule has 1 fully saturated rings. The lowest BCUT2D eigenvalue weighted by molar-refractivity contribution is 0.130. The lowest BCUT2D eigenvalue weighted by Crippen LogP contribution is -2.45. The Bertz CT molecular complexity index is 405. The first kappa shape index (κ1) is 16.0. The molecule has 1 aromatic rings. The van der Waals surface area contributed by atoms with Gasteiger partial charge in [-0.15, -0.1) is 0 Å². The summed E-state index contributed by atoms with van der Waals surface area (Å²) in [6.07, 6.45) is 3.65. The second-order valence-electron chi connectivity index (χ2n) is 6.01. The van der Waals surface area contributed by atoms with E-state index in [9.17, 15) is 0 Å². The standard InChI is InChI=1S/C16H26BrN3/c1-19(2)15-4-3-10-20(12-15)11-9-16(18)13-5-7-14(17)8-6-13/h5-8,15-16H,3-4,9-12,18H2,1-2H3. The van der Waals surface area contributed by atoms with Crippen molar-refractivity contribution < 1.29 is 0 Å². The van der Waals surface area contributed by atoms with Gasteiger partial charge >= 0.3 is 0 Å². The number of halogens is 1. The fraction of sp³-hybridized carbons (Fsp3) is 0.625. The molecule has 0 aromatic heterocycles. The Morgan fingerprint density at radius 1 is 1.35 bits per heavy atom. The van der Waals surface area contributed by atoms with Gasteiger partial charge in [0.15, 0.2) is 0 Å². The van der Waals surface area contributed by atoms with Crippen molar-refractivity contribution in [2.75, 3.05) is 33.7 Å². The van der Waals surface area contributed by atoms with E-state index >= 15 is 0 Å². The van der Waals surface area contributed by atoms with Crippen LogP contribution in [0.5, 0.6) is 0 Å². The predicted octanol–water partition coefficient (Wildman–Crippen LogP) is 2.87. The Hall–Kier alpha value is -0.420. The Balaban J connectivity index is 1.81. The molecule has 0 bridgehead atoms. The van der Waals surface area contributed by atoms with Crippen molar-refractivity contribution in [1.82, 2.24) is 9.80 Å². The highest BCUT2D eigenvalue weighted by atomic mass is 79.9. The van der Waals surface area contributed by atoms with Gasteiger partial charge < -0.3 is 15.5 Å². The number of benzene rings is 1. The van der Waals surface area contributed by atoms with E-state index < -0.39 is 0 Å². The highest BCUT2D eigenvalue weighted by Crippen LogP contribution is 2.19.